The van der Waals surface area contributed by atoms with Crippen molar-refractivity contribution < 1.29 is 0 Å². The fourth-order valence-electron chi connectivity index (χ4n) is 6.50. The minimum Gasteiger partial charge on any atom is -0.100 e. The van der Waals surface area contributed by atoms with E-state index in [0.29, 0.717) is 11.8 Å². The predicted octanol–water partition coefficient (Wildman–Crippen LogP) is 10.6. The van der Waals surface area contributed by atoms with Gasteiger partial charge in [0.2, 0.25) is 0 Å². The smallest absolute Gasteiger partial charge is 0.00228 e. The quantitative estimate of drug-likeness (QED) is 0.269. The second-order valence-corrected chi connectivity index (χ2v) is 12.2. The molecule has 0 aliphatic heterocycles. The molecule has 192 valence electrons. The Morgan fingerprint density at radius 3 is 2.14 bits per heavy atom. The van der Waals surface area contributed by atoms with E-state index in [1.807, 2.05) is 0 Å². The van der Waals surface area contributed by atoms with Gasteiger partial charge in [0.1, 0.15) is 0 Å². The SMILES string of the molecule is C=C(C)C[C@@H](C)c1ccc(C(CC(C)C)C2CCC(CC)CC2)c(Cc2ccc(CCC)cc2)c1. The van der Waals surface area contributed by atoms with E-state index >= 15 is 0 Å². The van der Waals surface area contributed by atoms with Crippen LogP contribution < -0.4 is 0 Å². The molecule has 0 spiro atoms. The lowest BCUT2D eigenvalue weighted by molar-refractivity contribution is 0.222. The molecular weight excluding hydrogens is 420 g/mol. The first-order chi connectivity index (χ1) is 16.8. The Morgan fingerprint density at radius 2 is 1.57 bits per heavy atom. The van der Waals surface area contributed by atoms with Crippen molar-refractivity contribution in [3.63, 3.8) is 0 Å². The molecule has 0 aromatic heterocycles. The van der Waals surface area contributed by atoms with Crippen LogP contribution >= 0.6 is 0 Å². The van der Waals surface area contributed by atoms with Gasteiger partial charge in [-0.3, -0.25) is 0 Å². The Morgan fingerprint density at radius 1 is 0.914 bits per heavy atom. The van der Waals surface area contributed by atoms with Crippen LogP contribution in [0.3, 0.4) is 0 Å². The molecule has 0 radical (unpaired) electrons. The lowest BCUT2D eigenvalue weighted by Gasteiger charge is -2.36. The fourth-order valence-corrected chi connectivity index (χ4v) is 6.50. The number of rotatable bonds is 12. The molecule has 3 rings (SSSR count). The number of aryl methyl sites for hydroxylation is 1. The minimum atomic E-state index is 0.524. The standard InChI is InChI=1S/C35H52/c1-8-10-29-11-13-30(14-12-29)23-33-24-32(27(7)21-25(3)4)19-20-34(33)35(22-26(5)6)31-17-15-28(9-2)16-18-31/h11-14,19-20,24,26-28,31,35H,3,8-10,15-18,21-23H2,1-2,4-7H3/t27-,28?,31?,35?/m1/s1. The highest BCUT2D eigenvalue weighted by molar-refractivity contribution is 5.40. The van der Waals surface area contributed by atoms with Crippen LogP contribution in [0.4, 0.5) is 0 Å². The Hall–Kier alpha value is -1.82. The highest BCUT2D eigenvalue weighted by atomic mass is 14.3. The average molecular weight is 473 g/mol. The summed E-state index contributed by atoms with van der Waals surface area (Å²) >= 11 is 0. The topological polar surface area (TPSA) is 0 Å². The van der Waals surface area contributed by atoms with Gasteiger partial charge in [0.15, 0.2) is 0 Å². The molecule has 0 saturated heterocycles. The number of hydrogen-bond acceptors (Lipinski definition) is 0. The highest BCUT2D eigenvalue weighted by Crippen LogP contribution is 2.44. The Labute approximate surface area is 217 Å². The van der Waals surface area contributed by atoms with Crippen LogP contribution in [0.2, 0.25) is 0 Å². The summed E-state index contributed by atoms with van der Waals surface area (Å²) in [6, 6.07) is 17.0. The van der Waals surface area contributed by atoms with Crippen molar-refractivity contribution >= 4 is 0 Å². The zero-order valence-electron chi connectivity index (χ0n) is 23.7. The van der Waals surface area contributed by atoms with Crippen molar-refractivity contribution in [3.8, 4) is 0 Å². The third kappa shape index (κ3) is 8.09. The summed E-state index contributed by atoms with van der Waals surface area (Å²) in [5.74, 6) is 3.73. The molecule has 1 saturated carbocycles. The second kappa shape index (κ2) is 13.5. The first-order valence-electron chi connectivity index (χ1n) is 14.7. The molecule has 0 heterocycles. The van der Waals surface area contributed by atoms with E-state index in [2.05, 4.69) is 90.6 Å². The van der Waals surface area contributed by atoms with Crippen LogP contribution in [0.15, 0.2) is 54.6 Å². The van der Waals surface area contributed by atoms with E-state index < -0.39 is 0 Å². The van der Waals surface area contributed by atoms with Gasteiger partial charge in [0, 0.05) is 0 Å². The van der Waals surface area contributed by atoms with Gasteiger partial charge < -0.3 is 0 Å². The van der Waals surface area contributed by atoms with Crippen LogP contribution in [0.1, 0.15) is 133 Å². The monoisotopic (exact) mass is 472 g/mol. The van der Waals surface area contributed by atoms with Crippen LogP contribution in [-0.2, 0) is 12.8 Å². The molecule has 0 nitrogen and oxygen atoms in total. The number of benzene rings is 2. The molecule has 0 amide bonds. The van der Waals surface area contributed by atoms with E-state index in [-0.39, 0.29) is 0 Å². The maximum absolute atomic E-state index is 4.19. The molecule has 1 unspecified atom stereocenters. The van der Waals surface area contributed by atoms with Gasteiger partial charge in [-0.05, 0) is 103 Å². The highest BCUT2D eigenvalue weighted by Gasteiger charge is 2.30. The first-order valence-corrected chi connectivity index (χ1v) is 14.7. The second-order valence-electron chi connectivity index (χ2n) is 12.2. The van der Waals surface area contributed by atoms with Crippen molar-refractivity contribution in [2.75, 3.05) is 0 Å². The largest absolute Gasteiger partial charge is 0.100 e. The molecule has 0 heteroatoms. The summed E-state index contributed by atoms with van der Waals surface area (Å²) in [6.07, 6.45) is 12.9. The normalized spacial score (nSPS) is 20.1. The maximum Gasteiger partial charge on any atom is -0.00228 e. The van der Waals surface area contributed by atoms with Crippen molar-refractivity contribution in [1.29, 1.82) is 0 Å². The fraction of sp³-hybridized carbons (Fsp3) is 0.600. The molecule has 0 N–H and O–H groups in total. The zero-order chi connectivity index (χ0) is 25.4. The van der Waals surface area contributed by atoms with Gasteiger partial charge in [0.25, 0.3) is 0 Å². The van der Waals surface area contributed by atoms with Crippen molar-refractivity contribution in [3.05, 3.63) is 82.4 Å². The van der Waals surface area contributed by atoms with Gasteiger partial charge in [-0.15, -0.1) is 6.58 Å². The van der Waals surface area contributed by atoms with Crippen LogP contribution in [0.5, 0.6) is 0 Å². The van der Waals surface area contributed by atoms with Crippen molar-refractivity contribution in [2.24, 2.45) is 17.8 Å². The van der Waals surface area contributed by atoms with Gasteiger partial charge in [0.05, 0.1) is 0 Å². The van der Waals surface area contributed by atoms with Crippen molar-refractivity contribution in [1.82, 2.24) is 0 Å². The third-order valence-corrected chi connectivity index (χ3v) is 8.51. The lowest BCUT2D eigenvalue weighted by Crippen LogP contribution is -2.23. The van der Waals surface area contributed by atoms with Gasteiger partial charge >= 0.3 is 0 Å². The first kappa shape index (κ1) is 27.8. The summed E-state index contributed by atoms with van der Waals surface area (Å²) in [5, 5.41) is 0. The molecule has 1 aliphatic rings. The van der Waals surface area contributed by atoms with Crippen LogP contribution in [0, 0.1) is 17.8 Å². The van der Waals surface area contributed by atoms with E-state index in [1.54, 1.807) is 11.1 Å². The molecular formula is C35H52. The molecule has 2 atom stereocenters. The predicted molar refractivity (Wildman–Crippen MR) is 155 cm³/mol. The lowest BCUT2D eigenvalue weighted by atomic mass is 9.69. The van der Waals surface area contributed by atoms with Gasteiger partial charge in [-0.2, -0.15) is 0 Å². The number of hydrogen-bond donors (Lipinski definition) is 0. The van der Waals surface area contributed by atoms with Crippen molar-refractivity contribution in [2.45, 2.75) is 118 Å². The van der Waals surface area contributed by atoms with Crippen LogP contribution in [-0.4, -0.2) is 0 Å². The average Bonchev–Trinajstić information content (AvgIpc) is 2.83. The van der Waals surface area contributed by atoms with E-state index in [1.165, 1.54) is 73.6 Å². The molecule has 35 heavy (non-hydrogen) atoms. The maximum atomic E-state index is 4.19. The molecule has 2 aromatic carbocycles. The molecule has 1 aliphatic carbocycles. The Bertz CT molecular complexity index is 908. The number of allylic oxidation sites excluding steroid dienone is 1. The van der Waals surface area contributed by atoms with Crippen LogP contribution in [0.25, 0.3) is 0 Å². The third-order valence-electron chi connectivity index (χ3n) is 8.51. The molecule has 2 aromatic rings. The summed E-state index contributed by atoms with van der Waals surface area (Å²) in [7, 11) is 0. The zero-order valence-corrected chi connectivity index (χ0v) is 23.7. The summed E-state index contributed by atoms with van der Waals surface area (Å²) in [6.45, 7) is 18.2. The van der Waals surface area contributed by atoms with E-state index in [4.69, 9.17) is 0 Å². The summed E-state index contributed by atoms with van der Waals surface area (Å²) in [4.78, 5) is 0. The Balaban J connectivity index is 1.96. The van der Waals surface area contributed by atoms with E-state index in [0.717, 1.165) is 30.6 Å². The molecule has 1 fully saturated rings. The summed E-state index contributed by atoms with van der Waals surface area (Å²) < 4.78 is 0. The Kier molecular flexibility index (Phi) is 10.7. The molecule has 0 bridgehead atoms. The van der Waals surface area contributed by atoms with Gasteiger partial charge in [-0.25, -0.2) is 0 Å². The van der Waals surface area contributed by atoms with Gasteiger partial charge in [-0.1, -0.05) is 108 Å². The summed E-state index contributed by atoms with van der Waals surface area (Å²) in [5.41, 5.74) is 8.89. The minimum absolute atomic E-state index is 0.524. The van der Waals surface area contributed by atoms with E-state index in [9.17, 15) is 0 Å².